The number of hydrogen-bond donors (Lipinski definition) is 4. The molecule has 6 rings (SSSR count). The third kappa shape index (κ3) is 4.85. The maximum Gasteiger partial charge on any atom is 0.315 e. The minimum absolute atomic E-state index is 0.00288. The minimum Gasteiger partial charge on any atom is -0.369 e. The van der Waals surface area contributed by atoms with Crippen LogP contribution in [0.3, 0.4) is 0 Å². The fraction of sp³-hybridized carbons (Fsp3) is 0.206. The molecule has 42 heavy (non-hydrogen) atoms. The highest BCUT2D eigenvalue weighted by Crippen LogP contribution is 2.41. The van der Waals surface area contributed by atoms with Crippen molar-refractivity contribution >= 4 is 45.3 Å². The van der Waals surface area contributed by atoms with Crippen LogP contribution in [0.1, 0.15) is 46.5 Å². The first-order valence-corrected chi connectivity index (χ1v) is 14.1. The van der Waals surface area contributed by atoms with Crippen LogP contribution in [-0.4, -0.2) is 28.9 Å². The summed E-state index contributed by atoms with van der Waals surface area (Å²) >= 11 is 0. The van der Waals surface area contributed by atoms with Crippen molar-refractivity contribution in [2.75, 3.05) is 4.90 Å². The van der Waals surface area contributed by atoms with Crippen LogP contribution >= 0.6 is 0 Å². The van der Waals surface area contributed by atoms with Crippen molar-refractivity contribution in [1.29, 1.82) is 0 Å². The minimum atomic E-state index is -0.408. The largest absolute Gasteiger partial charge is 0.369 e. The Labute approximate surface area is 243 Å². The second-order valence-corrected chi connectivity index (χ2v) is 11.2. The van der Waals surface area contributed by atoms with Gasteiger partial charge in [-0.25, -0.2) is 4.79 Å². The number of primary amides is 1. The molecule has 0 atom stereocenters. The lowest BCUT2D eigenvalue weighted by molar-refractivity contribution is -0.117. The van der Waals surface area contributed by atoms with E-state index in [0.717, 1.165) is 66.4 Å². The molecule has 0 aliphatic carbocycles. The van der Waals surface area contributed by atoms with Gasteiger partial charge in [0.25, 0.3) is 5.91 Å². The Morgan fingerprint density at radius 3 is 2.52 bits per heavy atom. The number of benzene rings is 4. The molecule has 5 N–H and O–H groups in total. The van der Waals surface area contributed by atoms with Gasteiger partial charge in [0.2, 0.25) is 5.91 Å². The lowest BCUT2D eigenvalue weighted by Gasteiger charge is -2.21. The summed E-state index contributed by atoms with van der Waals surface area (Å²) < 4.78 is 0. The zero-order chi connectivity index (χ0) is 29.5. The molecule has 0 saturated carbocycles. The second kappa shape index (κ2) is 10.7. The predicted molar refractivity (Wildman–Crippen MR) is 166 cm³/mol. The molecule has 8 nitrogen and oxygen atoms in total. The maximum atomic E-state index is 13.3. The van der Waals surface area contributed by atoms with Crippen molar-refractivity contribution in [3.05, 3.63) is 101 Å². The molecule has 0 fully saturated rings. The van der Waals surface area contributed by atoms with Gasteiger partial charge in [-0.1, -0.05) is 54.6 Å². The van der Waals surface area contributed by atoms with E-state index < -0.39 is 5.91 Å². The molecule has 1 aliphatic rings. The van der Waals surface area contributed by atoms with Crippen molar-refractivity contribution in [2.24, 2.45) is 5.73 Å². The van der Waals surface area contributed by atoms with Gasteiger partial charge in [-0.05, 0) is 72.4 Å². The van der Waals surface area contributed by atoms with E-state index in [9.17, 15) is 14.4 Å². The van der Waals surface area contributed by atoms with Crippen LogP contribution in [0.4, 0.5) is 10.5 Å². The summed E-state index contributed by atoms with van der Waals surface area (Å²) in [5.74, 6) is -0.405. The summed E-state index contributed by atoms with van der Waals surface area (Å²) in [6, 6.07) is 23.6. The molecule has 8 heteroatoms. The van der Waals surface area contributed by atoms with Gasteiger partial charge in [0, 0.05) is 40.1 Å². The Kier molecular flexibility index (Phi) is 6.90. The number of carbonyl (C=O) groups excluding carboxylic acids is 3. The number of nitrogens with zero attached hydrogens (tertiary/aromatic N) is 1. The normalized spacial score (nSPS) is 12.8. The van der Waals surface area contributed by atoms with E-state index in [1.54, 1.807) is 0 Å². The van der Waals surface area contributed by atoms with Gasteiger partial charge < -0.3 is 26.3 Å². The van der Waals surface area contributed by atoms with Crippen molar-refractivity contribution in [2.45, 2.75) is 46.3 Å². The van der Waals surface area contributed by atoms with Crippen LogP contribution in [-0.2, 0) is 24.3 Å². The van der Waals surface area contributed by atoms with Crippen LogP contribution in [0.2, 0.25) is 0 Å². The zero-order valence-corrected chi connectivity index (χ0v) is 23.9. The average Bonchev–Trinajstić information content (AvgIpc) is 3.50. The van der Waals surface area contributed by atoms with Gasteiger partial charge in [-0.2, -0.15) is 0 Å². The number of H-pyrrole nitrogens is 1. The van der Waals surface area contributed by atoms with Crippen molar-refractivity contribution < 1.29 is 14.4 Å². The van der Waals surface area contributed by atoms with Gasteiger partial charge in [-0.3, -0.25) is 9.59 Å². The highest BCUT2D eigenvalue weighted by atomic mass is 16.2. The molecule has 1 aromatic heterocycles. The van der Waals surface area contributed by atoms with Gasteiger partial charge in [0.05, 0.1) is 18.5 Å². The average molecular weight is 560 g/mol. The molecule has 1 aliphatic heterocycles. The Hall–Kier alpha value is -5.11. The van der Waals surface area contributed by atoms with E-state index in [0.29, 0.717) is 13.1 Å². The number of rotatable bonds is 7. The lowest BCUT2D eigenvalue weighted by Crippen LogP contribution is -2.39. The van der Waals surface area contributed by atoms with Gasteiger partial charge >= 0.3 is 6.03 Å². The number of anilines is 1. The van der Waals surface area contributed by atoms with E-state index >= 15 is 0 Å². The summed E-state index contributed by atoms with van der Waals surface area (Å²) in [5.41, 5.74) is 14.7. The standard InChI is InChI=1S/C34H33N5O3/c1-19(2)37-34(42)36-17-21-11-13-27-28(15-21)38-32-22(16-30(35)40)12-14-26(31(27)32)24-9-6-10-29(20(24)3)39-18-23-7-4-5-8-25(23)33(39)41/h4-15,19,38H,16-18H2,1-3H3,(H2,35,40)(H2,36,37,42). The molecule has 5 aromatic rings. The van der Waals surface area contributed by atoms with Crippen molar-refractivity contribution in [1.82, 2.24) is 15.6 Å². The number of carbonyl (C=O) groups is 3. The first-order valence-electron chi connectivity index (χ1n) is 14.1. The number of hydrogen-bond acceptors (Lipinski definition) is 3. The van der Waals surface area contributed by atoms with E-state index in [1.165, 1.54) is 0 Å². The van der Waals surface area contributed by atoms with Crippen LogP contribution in [0.15, 0.2) is 72.8 Å². The molecular formula is C34H33N5O3. The summed E-state index contributed by atoms with van der Waals surface area (Å²) in [7, 11) is 0. The third-order valence-corrected chi connectivity index (χ3v) is 7.85. The van der Waals surface area contributed by atoms with Crippen LogP contribution in [0, 0.1) is 6.92 Å². The maximum absolute atomic E-state index is 13.3. The number of amides is 4. The molecule has 0 saturated heterocycles. The monoisotopic (exact) mass is 559 g/mol. The third-order valence-electron chi connectivity index (χ3n) is 7.85. The molecule has 0 unspecified atom stereocenters. The summed E-state index contributed by atoms with van der Waals surface area (Å²) in [6.45, 7) is 6.78. The SMILES string of the molecule is Cc1c(-c2ccc(CC(N)=O)c3[nH]c4cc(CNC(=O)NC(C)C)ccc4c23)cccc1N1Cc2ccccc2C1=O. The predicted octanol–water partition coefficient (Wildman–Crippen LogP) is 5.69. The van der Waals surface area contributed by atoms with E-state index in [4.69, 9.17) is 5.73 Å². The van der Waals surface area contributed by atoms with Crippen LogP contribution in [0.5, 0.6) is 0 Å². The Morgan fingerprint density at radius 1 is 0.976 bits per heavy atom. The van der Waals surface area contributed by atoms with E-state index in [-0.39, 0.29) is 24.4 Å². The first-order chi connectivity index (χ1) is 20.2. The molecule has 212 valence electrons. The number of fused-ring (bicyclic) bond motifs is 4. The topological polar surface area (TPSA) is 120 Å². The molecular weight excluding hydrogens is 526 g/mol. The second-order valence-electron chi connectivity index (χ2n) is 11.2. The number of nitrogens with two attached hydrogens (primary N) is 1. The summed E-state index contributed by atoms with van der Waals surface area (Å²) in [5, 5.41) is 7.71. The van der Waals surface area contributed by atoms with Gasteiger partial charge in [-0.15, -0.1) is 0 Å². The number of urea groups is 1. The lowest BCUT2D eigenvalue weighted by atomic mass is 9.92. The van der Waals surface area contributed by atoms with Crippen molar-refractivity contribution in [3.63, 3.8) is 0 Å². The summed E-state index contributed by atoms with van der Waals surface area (Å²) in [4.78, 5) is 42.8. The number of aromatic amines is 1. The molecule has 0 radical (unpaired) electrons. The fourth-order valence-corrected chi connectivity index (χ4v) is 5.94. The quantitative estimate of drug-likeness (QED) is 0.205. The Morgan fingerprint density at radius 2 is 1.76 bits per heavy atom. The van der Waals surface area contributed by atoms with Crippen LogP contribution in [0.25, 0.3) is 32.9 Å². The molecule has 2 heterocycles. The molecule has 4 amide bonds. The molecule has 4 aromatic carbocycles. The van der Waals surface area contributed by atoms with Gasteiger partial charge in [0.15, 0.2) is 0 Å². The Balaban J connectivity index is 1.44. The zero-order valence-electron chi connectivity index (χ0n) is 23.9. The fourth-order valence-electron chi connectivity index (χ4n) is 5.94. The Bertz CT molecular complexity index is 1890. The number of aromatic nitrogens is 1. The smallest absolute Gasteiger partial charge is 0.315 e. The highest BCUT2D eigenvalue weighted by Gasteiger charge is 2.29. The molecule has 0 bridgehead atoms. The van der Waals surface area contributed by atoms with E-state index in [2.05, 4.69) is 21.7 Å². The van der Waals surface area contributed by atoms with Gasteiger partial charge in [0.1, 0.15) is 0 Å². The van der Waals surface area contributed by atoms with E-state index in [1.807, 2.05) is 92.4 Å². The molecule has 0 spiro atoms. The van der Waals surface area contributed by atoms with Crippen LogP contribution < -0.4 is 21.3 Å². The number of nitrogens with one attached hydrogen (secondary N) is 3. The first kappa shape index (κ1) is 27.1. The summed E-state index contributed by atoms with van der Waals surface area (Å²) in [6.07, 6.45) is 0.104. The van der Waals surface area contributed by atoms with Crippen molar-refractivity contribution in [3.8, 4) is 11.1 Å². The highest BCUT2D eigenvalue weighted by molar-refractivity contribution is 6.16.